The van der Waals surface area contributed by atoms with Gasteiger partial charge in [-0.05, 0) is 25.0 Å². The van der Waals surface area contributed by atoms with Crippen LogP contribution in [0, 0.1) is 17.6 Å². The lowest BCUT2D eigenvalue weighted by atomic mass is 10.0. The molecule has 0 spiro atoms. The molecule has 0 fully saturated rings. The number of amides is 1. The van der Waals surface area contributed by atoms with Gasteiger partial charge in [0.15, 0.2) is 11.6 Å². The number of anilines is 2. The van der Waals surface area contributed by atoms with Crippen LogP contribution in [-0.2, 0) is 4.79 Å². The van der Waals surface area contributed by atoms with Crippen molar-refractivity contribution in [3.8, 4) is 0 Å². The fourth-order valence-corrected chi connectivity index (χ4v) is 1.58. The topological polar surface area (TPSA) is 55.1 Å². The highest BCUT2D eigenvalue weighted by Crippen LogP contribution is 2.25. The normalized spacial score (nSPS) is 10.6. The Kier molecular flexibility index (Phi) is 4.43. The molecule has 0 aliphatic heterocycles. The van der Waals surface area contributed by atoms with Crippen molar-refractivity contribution in [2.24, 2.45) is 5.92 Å². The fraction of sp³-hybridized carbons (Fsp3) is 0.417. The van der Waals surface area contributed by atoms with Crippen molar-refractivity contribution in [3.05, 3.63) is 23.8 Å². The summed E-state index contributed by atoms with van der Waals surface area (Å²) in [6.07, 6.45) is 1.28. The van der Waals surface area contributed by atoms with Gasteiger partial charge in [-0.25, -0.2) is 8.78 Å². The predicted molar refractivity (Wildman–Crippen MR) is 63.5 cm³/mol. The van der Waals surface area contributed by atoms with Crippen molar-refractivity contribution >= 4 is 17.3 Å². The van der Waals surface area contributed by atoms with E-state index in [1.165, 1.54) is 6.07 Å². The van der Waals surface area contributed by atoms with Crippen LogP contribution in [0.1, 0.15) is 26.7 Å². The summed E-state index contributed by atoms with van der Waals surface area (Å²) in [6.45, 7) is 3.72. The summed E-state index contributed by atoms with van der Waals surface area (Å²) < 4.78 is 26.4. The number of carbonyl (C=O) groups excluding carboxylic acids is 1. The van der Waals surface area contributed by atoms with Gasteiger partial charge in [0.05, 0.1) is 5.69 Å². The maximum absolute atomic E-state index is 13.4. The third-order valence-electron chi connectivity index (χ3n) is 2.73. The first kappa shape index (κ1) is 13.4. The third-order valence-corrected chi connectivity index (χ3v) is 2.73. The second-order valence-corrected chi connectivity index (χ2v) is 3.83. The van der Waals surface area contributed by atoms with Crippen molar-refractivity contribution in [2.45, 2.75) is 26.7 Å². The lowest BCUT2D eigenvalue weighted by Gasteiger charge is -2.14. The minimum atomic E-state index is -1.12. The van der Waals surface area contributed by atoms with Gasteiger partial charge in [-0.3, -0.25) is 4.79 Å². The van der Waals surface area contributed by atoms with Gasteiger partial charge >= 0.3 is 0 Å². The standard InChI is InChI=1S/C12H16F2N2O/c1-3-7(4-2)12(17)16-11-9(15)6-5-8(13)10(11)14/h5-7H,3-4,15H2,1-2H3,(H,16,17). The molecule has 0 heterocycles. The fourth-order valence-electron chi connectivity index (χ4n) is 1.58. The number of nitrogens with two attached hydrogens (primary N) is 1. The predicted octanol–water partition coefficient (Wildman–Crippen LogP) is 2.92. The molecule has 0 bridgehead atoms. The molecule has 1 aromatic rings. The summed E-state index contributed by atoms with van der Waals surface area (Å²) in [7, 11) is 0. The first-order valence-corrected chi connectivity index (χ1v) is 5.55. The van der Waals surface area contributed by atoms with Crippen molar-refractivity contribution in [1.29, 1.82) is 0 Å². The number of halogens is 2. The van der Waals surface area contributed by atoms with Crippen LogP contribution in [0.2, 0.25) is 0 Å². The Bertz CT molecular complexity index is 417. The minimum Gasteiger partial charge on any atom is -0.397 e. The molecule has 1 aromatic carbocycles. The Morgan fingerprint density at radius 3 is 2.47 bits per heavy atom. The summed E-state index contributed by atoms with van der Waals surface area (Å²) in [5.41, 5.74) is 5.24. The first-order chi connectivity index (χ1) is 8.01. The lowest BCUT2D eigenvalue weighted by molar-refractivity contribution is -0.120. The van der Waals surface area contributed by atoms with Crippen LogP contribution in [0.3, 0.4) is 0 Å². The Morgan fingerprint density at radius 1 is 1.35 bits per heavy atom. The van der Waals surface area contributed by atoms with Crippen LogP contribution in [0.4, 0.5) is 20.2 Å². The highest BCUT2D eigenvalue weighted by atomic mass is 19.2. The van der Waals surface area contributed by atoms with Crippen LogP contribution >= 0.6 is 0 Å². The molecule has 0 aliphatic rings. The van der Waals surface area contributed by atoms with Gasteiger partial charge in [0.25, 0.3) is 0 Å². The quantitative estimate of drug-likeness (QED) is 0.797. The van der Waals surface area contributed by atoms with E-state index in [9.17, 15) is 13.6 Å². The molecule has 1 amide bonds. The van der Waals surface area contributed by atoms with Crippen molar-refractivity contribution in [3.63, 3.8) is 0 Å². The average molecular weight is 242 g/mol. The van der Waals surface area contributed by atoms with Crippen LogP contribution in [0.25, 0.3) is 0 Å². The SMILES string of the molecule is CCC(CC)C(=O)Nc1c(N)ccc(F)c1F. The van der Waals surface area contributed by atoms with Crippen LogP contribution in [-0.4, -0.2) is 5.91 Å². The van der Waals surface area contributed by atoms with Crippen molar-refractivity contribution in [2.75, 3.05) is 11.1 Å². The molecule has 1 rings (SSSR count). The molecule has 0 atom stereocenters. The number of benzene rings is 1. The Labute approximate surface area is 99.0 Å². The average Bonchev–Trinajstić information content (AvgIpc) is 2.31. The molecule has 0 saturated heterocycles. The second kappa shape index (κ2) is 5.61. The lowest BCUT2D eigenvalue weighted by Crippen LogP contribution is -2.23. The van der Waals surface area contributed by atoms with E-state index < -0.39 is 11.6 Å². The Balaban J connectivity index is 2.95. The van der Waals surface area contributed by atoms with Crippen LogP contribution in [0.15, 0.2) is 12.1 Å². The number of carbonyl (C=O) groups is 1. The number of hydrogen-bond acceptors (Lipinski definition) is 2. The summed E-state index contributed by atoms with van der Waals surface area (Å²) in [5.74, 6) is -2.72. The largest absolute Gasteiger partial charge is 0.397 e. The van der Waals surface area contributed by atoms with E-state index in [4.69, 9.17) is 5.73 Å². The van der Waals surface area contributed by atoms with Gasteiger partial charge in [-0.2, -0.15) is 0 Å². The summed E-state index contributed by atoms with van der Waals surface area (Å²) in [4.78, 5) is 11.7. The van der Waals surface area contributed by atoms with E-state index in [-0.39, 0.29) is 23.2 Å². The zero-order valence-electron chi connectivity index (χ0n) is 9.89. The zero-order chi connectivity index (χ0) is 13.0. The minimum absolute atomic E-state index is 0.0169. The maximum atomic E-state index is 13.4. The molecular formula is C12H16F2N2O. The van der Waals surface area contributed by atoms with Gasteiger partial charge in [0.1, 0.15) is 5.69 Å². The van der Waals surface area contributed by atoms with E-state index in [1.54, 1.807) is 0 Å². The van der Waals surface area contributed by atoms with Gasteiger partial charge in [-0.1, -0.05) is 13.8 Å². The third kappa shape index (κ3) is 2.93. The van der Waals surface area contributed by atoms with Gasteiger partial charge in [-0.15, -0.1) is 0 Å². The monoisotopic (exact) mass is 242 g/mol. The highest BCUT2D eigenvalue weighted by Gasteiger charge is 2.19. The van der Waals surface area contributed by atoms with Gasteiger partial charge in [0, 0.05) is 5.92 Å². The smallest absolute Gasteiger partial charge is 0.227 e. The second-order valence-electron chi connectivity index (χ2n) is 3.83. The summed E-state index contributed by atoms with van der Waals surface area (Å²) >= 11 is 0. The Hall–Kier alpha value is -1.65. The molecule has 5 heteroatoms. The van der Waals surface area contributed by atoms with Crippen LogP contribution in [0.5, 0.6) is 0 Å². The number of nitrogens with one attached hydrogen (secondary N) is 1. The van der Waals surface area contributed by atoms with E-state index in [0.717, 1.165) is 6.07 Å². The summed E-state index contributed by atoms with van der Waals surface area (Å²) in [6, 6.07) is 2.15. The van der Waals surface area contributed by atoms with Crippen molar-refractivity contribution < 1.29 is 13.6 Å². The summed E-state index contributed by atoms with van der Waals surface area (Å²) in [5, 5.41) is 2.34. The molecule has 3 N–H and O–H groups in total. The van der Waals surface area contributed by atoms with E-state index in [1.807, 2.05) is 13.8 Å². The molecule has 3 nitrogen and oxygen atoms in total. The maximum Gasteiger partial charge on any atom is 0.227 e. The Morgan fingerprint density at radius 2 is 1.94 bits per heavy atom. The molecule has 0 saturated carbocycles. The molecule has 0 aliphatic carbocycles. The van der Waals surface area contributed by atoms with E-state index in [0.29, 0.717) is 12.8 Å². The van der Waals surface area contributed by atoms with Crippen molar-refractivity contribution in [1.82, 2.24) is 0 Å². The van der Waals surface area contributed by atoms with E-state index >= 15 is 0 Å². The number of hydrogen-bond donors (Lipinski definition) is 2. The van der Waals surface area contributed by atoms with Crippen LogP contribution < -0.4 is 11.1 Å². The first-order valence-electron chi connectivity index (χ1n) is 5.55. The van der Waals surface area contributed by atoms with E-state index in [2.05, 4.69) is 5.32 Å². The molecule has 0 radical (unpaired) electrons. The molecule has 0 aromatic heterocycles. The van der Waals surface area contributed by atoms with Gasteiger partial charge < -0.3 is 11.1 Å². The number of nitrogen functional groups attached to an aromatic ring is 1. The molecule has 0 unspecified atom stereocenters. The number of rotatable bonds is 4. The van der Waals surface area contributed by atoms with Gasteiger partial charge in [0.2, 0.25) is 5.91 Å². The molecule has 94 valence electrons. The highest BCUT2D eigenvalue weighted by molar-refractivity contribution is 5.95. The molecule has 17 heavy (non-hydrogen) atoms. The zero-order valence-corrected chi connectivity index (χ0v) is 9.89. The molecular weight excluding hydrogens is 226 g/mol.